The third-order valence-corrected chi connectivity index (χ3v) is 7.98. The maximum absolute atomic E-state index is 13.4. The molecule has 190 valence electrons. The third-order valence-electron chi connectivity index (χ3n) is 7.98. The number of alkyl halides is 3. The third kappa shape index (κ3) is 4.41. The molecule has 0 unspecified atom stereocenters. The lowest BCUT2D eigenvalue weighted by molar-refractivity contribution is -0.137. The Morgan fingerprint density at radius 3 is 2.56 bits per heavy atom. The van der Waals surface area contributed by atoms with Crippen molar-refractivity contribution in [2.75, 3.05) is 23.3 Å². The lowest BCUT2D eigenvalue weighted by Crippen LogP contribution is -2.48. The van der Waals surface area contributed by atoms with Crippen LogP contribution in [0.1, 0.15) is 60.7 Å². The van der Waals surface area contributed by atoms with Gasteiger partial charge in [-0.05, 0) is 56.1 Å². The van der Waals surface area contributed by atoms with Crippen molar-refractivity contribution < 1.29 is 13.2 Å². The Morgan fingerprint density at radius 1 is 1.00 bits per heavy atom. The van der Waals surface area contributed by atoms with E-state index in [0.29, 0.717) is 23.3 Å². The summed E-state index contributed by atoms with van der Waals surface area (Å²) in [5.41, 5.74) is 1.00. The van der Waals surface area contributed by atoms with Crippen molar-refractivity contribution in [3.63, 3.8) is 0 Å². The summed E-state index contributed by atoms with van der Waals surface area (Å²) in [5, 5.41) is 8.40. The van der Waals surface area contributed by atoms with E-state index in [9.17, 15) is 13.2 Å². The van der Waals surface area contributed by atoms with Gasteiger partial charge >= 0.3 is 6.18 Å². The summed E-state index contributed by atoms with van der Waals surface area (Å²) in [6, 6.07) is 7.99. The first kappa shape index (κ1) is 23.2. The first-order valence-corrected chi connectivity index (χ1v) is 12.8. The molecule has 7 nitrogen and oxygen atoms in total. The molecule has 0 amide bonds. The summed E-state index contributed by atoms with van der Waals surface area (Å²) >= 11 is 0. The van der Waals surface area contributed by atoms with Crippen molar-refractivity contribution >= 4 is 11.8 Å². The zero-order valence-electron chi connectivity index (χ0n) is 20.2. The Bertz CT molecular complexity index is 1230. The van der Waals surface area contributed by atoms with E-state index in [1.54, 1.807) is 12.4 Å². The summed E-state index contributed by atoms with van der Waals surface area (Å²) in [6.07, 6.45) is 2.18. The van der Waals surface area contributed by atoms with Gasteiger partial charge in [0.1, 0.15) is 18.0 Å². The second-order valence-corrected chi connectivity index (χ2v) is 10.4. The van der Waals surface area contributed by atoms with Gasteiger partial charge in [0.2, 0.25) is 5.95 Å². The van der Waals surface area contributed by atoms with Gasteiger partial charge in [0.15, 0.2) is 0 Å². The molecule has 3 aliphatic rings. The van der Waals surface area contributed by atoms with Crippen molar-refractivity contribution in [3.05, 3.63) is 59.3 Å². The molecule has 1 aromatic carbocycles. The number of rotatable bonds is 4. The summed E-state index contributed by atoms with van der Waals surface area (Å²) in [4.78, 5) is 15.9. The Morgan fingerprint density at radius 2 is 1.81 bits per heavy atom. The number of hydrogen-bond donors (Lipinski definition) is 1. The quantitative estimate of drug-likeness (QED) is 0.545. The Kier molecular flexibility index (Phi) is 5.84. The van der Waals surface area contributed by atoms with Crippen LogP contribution in [0, 0.1) is 18.8 Å². The van der Waals surface area contributed by atoms with Gasteiger partial charge in [-0.15, -0.1) is 5.10 Å². The summed E-state index contributed by atoms with van der Waals surface area (Å²) in [6.45, 7) is 4.56. The van der Waals surface area contributed by atoms with Crippen molar-refractivity contribution in [2.45, 2.75) is 63.7 Å². The van der Waals surface area contributed by atoms with Gasteiger partial charge in [0, 0.05) is 43.4 Å². The average molecular weight is 498 g/mol. The number of nitrogens with zero attached hydrogens (tertiary/aromatic N) is 6. The van der Waals surface area contributed by atoms with Crippen molar-refractivity contribution in [1.82, 2.24) is 24.7 Å². The summed E-state index contributed by atoms with van der Waals surface area (Å²) in [7, 11) is 0. The molecule has 1 aliphatic carbocycles. The van der Waals surface area contributed by atoms with E-state index in [0.717, 1.165) is 75.1 Å². The normalized spacial score (nSPS) is 25.9. The number of anilines is 2. The minimum absolute atomic E-state index is 0.197. The van der Waals surface area contributed by atoms with E-state index in [4.69, 9.17) is 10.1 Å². The van der Waals surface area contributed by atoms with E-state index >= 15 is 0 Å². The van der Waals surface area contributed by atoms with Crippen LogP contribution in [0.15, 0.2) is 36.7 Å². The predicted molar refractivity (Wildman–Crippen MR) is 130 cm³/mol. The number of benzene rings is 1. The summed E-state index contributed by atoms with van der Waals surface area (Å²) in [5.74, 6) is 3.06. The molecule has 2 fully saturated rings. The van der Waals surface area contributed by atoms with Gasteiger partial charge in [-0.3, -0.25) is 0 Å². The fourth-order valence-corrected chi connectivity index (χ4v) is 6.23. The highest BCUT2D eigenvalue weighted by Gasteiger charge is 2.43. The van der Waals surface area contributed by atoms with Crippen molar-refractivity contribution in [1.29, 1.82) is 0 Å². The predicted octanol–water partition coefficient (Wildman–Crippen LogP) is 5.04. The number of hydrogen-bond acceptors (Lipinski definition) is 6. The largest absolute Gasteiger partial charge is 0.416 e. The van der Waals surface area contributed by atoms with E-state index in [1.165, 1.54) is 12.1 Å². The molecule has 0 radical (unpaired) electrons. The van der Waals surface area contributed by atoms with E-state index < -0.39 is 11.7 Å². The molecule has 3 aromatic rings. The van der Waals surface area contributed by atoms with Crippen LogP contribution < -0.4 is 10.2 Å². The van der Waals surface area contributed by atoms with Crippen LogP contribution in [0.2, 0.25) is 0 Å². The van der Waals surface area contributed by atoms with Gasteiger partial charge in [-0.25, -0.2) is 14.6 Å². The highest BCUT2D eigenvalue weighted by Crippen LogP contribution is 2.40. The van der Waals surface area contributed by atoms with Gasteiger partial charge in [0.05, 0.1) is 5.56 Å². The second kappa shape index (κ2) is 9.05. The summed E-state index contributed by atoms with van der Waals surface area (Å²) < 4.78 is 42.0. The highest BCUT2D eigenvalue weighted by molar-refractivity contribution is 5.42. The van der Waals surface area contributed by atoms with Gasteiger partial charge in [0.25, 0.3) is 0 Å². The molecular weight excluding hydrogens is 467 g/mol. The molecular formula is C26H30F3N7. The van der Waals surface area contributed by atoms with Crippen LogP contribution in [0.5, 0.6) is 0 Å². The van der Waals surface area contributed by atoms with E-state index in [-0.39, 0.29) is 12.0 Å². The fourth-order valence-electron chi connectivity index (χ4n) is 6.23. The average Bonchev–Trinajstić information content (AvgIpc) is 3.25. The maximum atomic E-state index is 13.4. The van der Waals surface area contributed by atoms with Crippen LogP contribution in [0.25, 0.3) is 0 Å². The van der Waals surface area contributed by atoms with Crippen LogP contribution >= 0.6 is 0 Å². The minimum atomic E-state index is -4.36. The molecule has 2 aromatic heterocycles. The first-order valence-electron chi connectivity index (χ1n) is 12.8. The van der Waals surface area contributed by atoms with Gasteiger partial charge in [-0.2, -0.15) is 18.2 Å². The van der Waals surface area contributed by atoms with Crippen molar-refractivity contribution in [2.24, 2.45) is 11.8 Å². The number of aryl methyl sites for hydroxylation is 2. The van der Waals surface area contributed by atoms with Gasteiger partial charge in [-0.1, -0.05) is 24.6 Å². The zero-order valence-corrected chi connectivity index (χ0v) is 20.2. The monoisotopic (exact) mass is 497 g/mol. The van der Waals surface area contributed by atoms with E-state index in [2.05, 4.69) is 20.2 Å². The fraction of sp³-hybridized carbons (Fsp3) is 0.538. The first-order chi connectivity index (χ1) is 17.3. The van der Waals surface area contributed by atoms with Gasteiger partial charge < -0.3 is 10.2 Å². The van der Waals surface area contributed by atoms with Crippen LogP contribution in [-0.2, 0) is 12.7 Å². The van der Waals surface area contributed by atoms with E-state index in [1.807, 2.05) is 17.7 Å². The molecule has 1 saturated carbocycles. The molecule has 1 N–H and O–H groups in total. The molecule has 0 spiro atoms. The number of fused-ring (bicyclic) bond motifs is 3. The lowest BCUT2D eigenvalue weighted by atomic mass is 9.92. The Balaban J connectivity index is 1.22. The van der Waals surface area contributed by atoms with Crippen LogP contribution in [0.4, 0.5) is 24.9 Å². The molecule has 1 saturated heterocycles. The Labute approximate surface area is 208 Å². The van der Waals surface area contributed by atoms with Crippen LogP contribution in [0.3, 0.4) is 0 Å². The molecule has 36 heavy (non-hydrogen) atoms. The Hall–Kier alpha value is -3.17. The molecule has 6 rings (SSSR count). The number of aromatic nitrogens is 5. The van der Waals surface area contributed by atoms with Crippen LogP contribution in [-0.4, -0.2) is 43.9 Å². The second-order valence-electron chi connectivity index (χ2n) is 10.4. The SMILES string of the molecule is Cc1cc(N2C[C@H]3CC[C@@H](C2)[C@@H]3Nc2nc3n(n2)CCCC[C@@H]3c2cccc(C(F)(F)F)c2)ncn1. The molecule has 4 atom stereocenters. The highest BCUT2D eigenvalue weighted by atomic mass is 19.4. The maximum Gasteiger partial charge on any atom is 0.416 e. The molecule has 2 bridgehead atoms. The zero-order chi connectivity index (χ0) is 24.9. The number of nitrogens with one attached hydrogen (secondary N) is 1. The minimum Gasteiger partial charge on any atom is -0.356 e. The smallest absolute Gasteiger partial charge is 0.356 e. The lowest BCUT2D eigenvalue weighted by Gasteiger charge is -2.38. The molecule has 2 aliphatic heterocycles. The number of piperidine rings is 1. The molecule has 10 heteroatoms. The standard InChI is InChI=1S/C26H30F3N7/c1-16-11-22(31-15-30-16)35-13-18-8-9-19(14-35)23(18)32-25-33-24-21(7-2-3-10-36(24)34-25)17-5-4-6-20(12-17)26(27,28)29/h4-6,11-12,15,18-19,21,23H,2-3,7-10,13-14H2,1H3,(H,32,34)/t18-,19+,21-,23-/m1/s1. The topological polar surface area (TPSA) is 71.8 Å². The molecule has 4 heterocycles. The number of halogens is 3. The van der Waals surface area contributed by atoms with Crippen molar-refractivity contribution in [3.8, 4) is 0 Å².